The molecule has 8 nitrogen and oxygen atoms in total. The number of para-hydroxylation sites is 1. The Hall–Kier alpha value is -4.07. The Labute approximate surface area is 260 Å². The van der Waals surface area contributed by atoms with E-state index in [0.29, 0.717) is 13.2 Å². The van der Waals surface area contributed by atoms with Gasteiger partial charge < -0.3 is 26.1 Å². The number of fused-ring (bicyclic) bond motifs is 3. The van der Waals surface area contributed by atoms with Gasteiger partial charge in [-0.15, -0.1) is 0 Å². The first-order chi connectivity index (χ1) is 21.5. The third-order valence-electron chi connectivity index (χ3n) is 8.83. The van der Waals surface area contributed by atoms with Gasteiger partial charge in [0.05, 0.1) is 18.2 Å². The van der Waals surface area contributed by atoms with Gasteiger partial charge >= 0.3 is 6.09 Å². The molecule has 2 amide bonds. The molecule has 1 atom stereocenters. The Morgan fingerprint density at radius 1 is 0.977 bits per heavy atom. The number of amides is 2. The van der Waals surface area contributed by atoms with Crippen LogP contribution in [0.15, 0.2) is 48.7 Å². The Morgan fingerprint density at radius 3 is 2.57 bits per heavy atom. The van der Waals surface area contributed by atoms with Gasteiger partial charge in [-0.1, -0.05) is 62.8 Å². The Morgan fingerprint density at radius 2 is 1.75 bits per heavy atom. The summed E-state index contributed by atoms with van der Waals surface area (Å²) in [6.07, 6.45) is 15.5. The summed E-state index contributed by atoms with van der Waals surface area (Å²) in [7, 11) is 0. The monoisotopic (exact) mass is 597 g/mol. The molecule has 0 bridgehead atoms. The minimum atomic E-state index is -0.690. The zero-order chi connectivity index (χ0) is 30.7. The first kappa shape index (κ1) is 31.4. The number of carbonyl (C=O) groups is 2. The summed E-state index contributed by atoms with van der Waals surface area (Å²) in [6, 6.07) is 15.5. The number of aromatic amines is 1. The minimum Gasteiger partial charge on any atom is -0.450 e. The van der Waals surface area contributed by atoms with Gasteiger partial charge in [0.25, 0.3) is 0 Å². The molecule has 2 aromatic heterocycles. The van der Waals surface area contributed by atoms with E-state index in [1.54, 1.807) is 6.92 Å². The number of primary amides is 1. The summed E-state index contributed by atoms with van der Waals surface area (Å²) in [6.45, 7) is 2.60. The number of aryl methyl sites for hydroxylation is 1. The van der Waals surface area contributed by atoms with Crippen molar-refractivity contribution in [1.82, 2.24) is 15.3 Å². The summed E-state index contributed by atoms with van der Waals surface area (Å²) >= 11 is 0. The van der Waals surface area contributed by atoms with Gasteiger partial charge in [0.15, 0.2) is 0 Å². The van der Waals surface area contributed by atoms with Gasteiger partial charge in [0, 0.05) is 47.3 Å². The van der Waals surface area contributed by atoms with Crippen LogP contribution in [-0.4, -0.2) is 35.1 Å². The molecule has 5 N–H and O–H groups in total. The number of nitrogens with zero attached hydrogens (tertiary/aromatic N) is 1. The van der Waals surface area contributed by atoms with Crippen LogP contribution < -0.4 is 16.4 Å². The lowest BCUT2D eigenvalue weighted by Crippen LogP contribution is -2.22. The third kappa shape index (κ3) is 8.30. The van der Waals surface area contributed by atoms with Crippen molar-refractivity contribution in [1.29, 1.82) is 0 Å². The molecule has 0 aliphatic heterocycles. The van der Waals surface area contributed by atoms with Crippen LogP contribution in [-0.2, 0) is 28.8 Å². The molecule has 8 heteroatoms. The van der Waals surface area contributed by atoms with E-state index in [9.17, 15) is 9.59 Å². The fourth-order valence-corrected chi connectivity index (χ4v) is 6.53. The molecule has 0 radical (unpaired) electrons. The van der Waals surface area contributed by atoms with Gasteiger partial charge in [0.1, 0.15) is 0 Å². The van der Waals surface area contributed by atoms with E-state index < -0.39 is 6.09 Å². The molecule has 1 unspecified atom stereocenters. The summed E-state index contributed by atoms with van der Waals surface area (Å²) in [5.41, 5.74) is 13.6. The van der Waals surface area contributed by atoms with E-state index in [1.807, 2.05) is 0 Å². The number of pyridine rings is 1. The average Bonchev–Trinajstić information content (AvgIpc) is 3.42. The number of hydrogen-bond acceptors (Lipinski definition) is 5. The Balaban J connectivity index is 1.33. The Kier molecular flexibility index (Phi) is 11.1. The van der Waals surface area contributed by atoms with Crippen molar-refractivity contribution in [3.63, 3.8) is 0 Å². The van der Waals surface area contributed by atoms with Crippen molar-refractivity contribution in [2.45, 2.75) is 96.4 Å². The van der Waals surface area contributed by atoms with E-state index in [2.05, 4.69) is 64.3 Å². The van der Waals surface area contributed by atoms with E-state index in [1.165, 1.54) is 70.9 Å². The quantitative estimate of drug-likeness (QED) is 0.0989. The van der Waals surface area contributed by atoms with E-state index in [4.69, 9.17) is 15.5 Å². The second kappa shape index (κ2) is 15.6. The molecule has 0 fully saturated rings. The second-order valence-electron chi connectivity index (χ2n) is 12.1. The smallest absolute Gasteiger partial charge is 0.404 e. The molecule has 1 aliphatic rings. The van der Waals surface area contributed by atoms with Gasteiger partial charge in [-0.2, -0.15) is 0 Å². The number of aromatic nitrogens is 2. The van der Waals surface area contributed by atoms with Gasteiger partial charge in [0.2, 0.25) is 5.91 Å². The predicted molar refractivity (Wildman–Crippen MR) is 178 cm³/mol. The zero-order valence-electron chi connectivity index (χ0n) is 26.1. The van der Waals surface area contributed by atoms with Crippen LogP contribution in [0.5, 0.6) is 0 Å². The molecule has 44 heavy (non-hydrogen) atoms. The fraction of sp³-hybridized carbons (Fsp3) is 0.472. The number of nitrogens with one attached hydrogen (secondary N) is 3. The fourth-order valence-electron chi connectivity index (χ4n) is 6.53. The highest BCUT2D eigenvalue weighted by Crippen LogP contribution is 2.37. The molecular formula is C36H47N5O3. The van der Waals surface area contributed by atoms with Crippen LogP contribution in [0.3, 0.4) is 0 Å². The lowest BCUT2D eigenvalue weighted by Gasteiger charge is -2.27. The van der Waals surface area contributed by atoms with Crippen LogP contribution in [0.4, 0.5) is 10.5 Å². The van der Waals surface area contributed by atoms with Crippen molar-refractivity contribution in [3.8, 4) is 0 Å². The van der Waals surface area contributed by atoms with E-state index in [0.717, 1.165) is 62.4 Å². The number of rotatable bonds is 16. The number of unbranched alkanes of at least 4 members (excludes halogenated alkanes) is 6. The van der Waals surface area contributed by atoms with Crippen LogP contribution in [0, 0.1) is 0 Å². The lowest BCUT2D eigenvalue weighted by atomic mass is 9.91. The summed E-state index contributed by atoms with van der Waals surface area (Å²) in [5.74, 6) is -0.000181. The molecule has 5 rings (SSSR count). The number of benzene rings is 2. The second-order valence-corrected chi connectivity index (χ2v) is 12.1. The van der Waals surface area contributed by atoms with Crippen LogP contribution in [0.2, 0.25) is 0 Å². The average molecular weight is 598 g/mol. The standard InChI is InChI=1S/C36H47N5O3/c1-25(42)38-21-20-27-24-39-32-19-18-26(23-30(27)32)31(15-7-5-3-2-4-6-12-22-44-36(37)43)41-35-28-13-8-10-16-33(28)40-34-17-11-9-14-29(34)35/h8,10,13,16,18-19,23-24,31,39H,2-7,9,11-12,14-15,17,20-22H2,1H3,(H2,37,43)(H,38,42)(H,40,41). The first-order valence-electron chi connectivity index (χ1n) is 16.4. The molecule has 0 saturated heterocycles. The Bertz CT molecular complexity index is 1560. The van der Waals surface area contributed by atoms with Crippen LogP contribution >= 0.6 is 0 Å². The van der Waals surface area contributed by atoms with Gasteiger partial charge in [-0.05, 0) is 79.8 Å². The van der Waals surface area contributed by atoms with Crippen molar-refractivity contribution in [2.24, 2.45) is 5.73 Å². The predicted octanol–water partition coefficient (Wildman–Crippen LogP) is 7.64. The zero-order valence-corrected chi connectivity index (χ0v) is 26.1. The highest BCUT2D eigenvalue weighted by Gasteiger charge is 2.22. The summed E-state index contributed by atoms with van der Waals surface area (Å²) < 4.78 is 4.83. The van der Waals surface area contributed by atoms with Crippen molar-refractivity contribution in [3.05, 3.63) is 71.0 Å². The molecule has 1 aliphatic carbocycles. The number of carbonyl (C=O) groups excluding carboxylic acids is 2. The number of nitrogens with two attached hydrogens (primary N) is 1. The largest absolute Gasteiger partial charge is 0.450 e. The maximum atomic E-state index is 11.4. The molecule has 0 spiro atoms. The maximum Gasteiger partial charge on any atom is 0.404 e. The summed E-state index contributed by atoms with van der Waals surface area (Å²) in [4.78, 5) is 30.7. The summed E-state index contributed by atoms with van der Waals surface area (Å²) in [5, 5.41) is 9.44. The van der Waals surface area contributed by atoms with Crippen LogP contribution in [0.25, 0.3) is 21.8 Å². The van der Waals surface area contributed by atoms with Crippen molar-refractivity contribution < 1.29 is 14.3 Å². The number of anilines is 1. The first-order valence-corrected chi connectivity index (χ1v) is 16.4. The molecule has 4 aromatic rings. The van der Waals surface area contributed by atoms with Crippen molar-refractivity contribution in [2.75, 3.05) is 18.5 Å². The number of ether oxygens (including phenoxy) is 1. The minimum absolute atomic E-state index is 0.000181. The topological polar surface area (TPSA) is 122 Å². The lowest BCUT2D eigenvalue weighted by molar-refractivity contribution is -0.118. The van der Waals surface area contributed by atoms with Gasteiger partial charge in [-0.25, -0.2) is 4.79 Å². The normalized spacial score (nSPS) is 13.5. The van der Waals surface area contributed by atoms with E-state index >= 15 is 0 Å². The molecule has 234 valence electrons. The third-order valence-corrected chi connectivity index (χ3v) is 8.83. The number of H-pyrrole nitrogens is 1. The molecule has 0 saturated carbocycles. The highest BCUT2D eigenvalue weighted by molar-refractivity contribution is 5.94. The number of hydrogen-bond donors (Lipinski definition) is 4. The molecular weight excluding hydrogens is 550 g/mol. The molecule has 2 aromatic carbocycles. The SMILES string of the molecule is CC(=O)NCCc1c[nH]c2ccc(C(CCCCCCCCCOC(N)=O)Nc3c4c(nc5ccccc35)CCCC4)cc12. The maximum absolute atomic E-state index is 11.4. The van der Waals surface area contributed by atoms with E-state index in [-0.39, 0.29) is 11.9 Å². The van der Waals surface area contributed by atoms with Crippen molar-refractivity contribution >= 4 is 39.5 Å². The molecule has 2 heterocycles. The van der Waals surface area contributed by atoms with Gasteiger partial charge in [-0.3, -0.25) is 9.78 Å². The van der Waals surface area contributed by atoms with Crippen LogP contribution in [0.1, 0.15) is 99.6 Å². The highest BCUT2D eigenvalue weighted by atomic mass is 16.5.